The van der Waals surface area contributed by atoms with Gasteiger partial charge in [0.25, 0.3) is 0 Å². The van der Waals surface area contributed by atoms with Gasteiger partial charge in [-0.25, -0.2) is 4.79 Å². The summed E-state index contributed by atoms with van der Waals surface area (Å²) in [5.74, 6) is -1.53. The molecule has 0 saturated carbocycles. The molecule has 208 valence electrons. The van der Waals surface area contributed by atoms with Gasteiger partial charge in [0.15, 0.2) is 0 Å². The Balaban J connectivity index is 3.20. The van der Waals surface area contributed by atoms with E-state index >= 15 is 0 Å². The highest BCUT2D eigenvalue weighted by Gasteiger charge is 2.41. The van der Waals surface area contributed by atoms with E-state index in [4.69, 9.17) is 9.84 Å². The van der Waals surface area contributed by atoms with Gasteiger partial charge in [0.2, 0.25) is 11.8 Å². The molecule has 0 heterocycles. The molecular formula is C30H48N2O5. The van der Waals surface area contributed by atoms with Crippen molar-refractivity contribution in [3.8, 4) is 0 Å². The van der Waals surface area contributed by atoms with Crippen LogP contribution >= 0.6 is 0 Å². The van der Waals surface area contributed by atoms with Crippen molar-refractivity contribution in [3.63, 3.8) is 0 Å². The van der Waals surface area contributed by atoms with Gasteiger partial charge in [0.1, 0.15) is 12.6 Å². The smallest absolute Gasteiger partial charge is 0.329 e. The number of likely N-dealkylation sites (N-methyl/N-ethyl adjacent to an activating group) is 1. The number of rotatable bonds is 13. The Morgan fingerprint density at radius 1 is 1.05 bits per heavy atom. The number of nitrogens with one attached hydrogen (secondary N) is 1. The molecule has 7 nitrogen and oxygen atoms in total. The van der Waals surface area contributed by atoms with Gasteiger partial charge in [-0.15, -0.1) is 0 Å². The number of carbonyl (C=O) groups is 3. The highest BCUT2D eigenvalue weighted by atomic mass is 16.5. The van der Waals surface area contributed by atoms with E-state index in [1.54, 1.807) is 11.9 Å². The number of hydrogen-bond acceptors (Lipinski definition) is 4. The summed E-state index contributed by atoms with van der Waals surface area (Å²) in [5.41, 5.74) is 0.999. The summed E-state index contributed by atoms with van der Waals surface area (Å²) in [6.07, 6.45) is 2.58. The summed E-state index contributed by atoms with van der Waals surface area (Å²) in [6.45, 7) is 17.7. The van der Waals surface area contributed by atoms with Crippen LogP contribution in [0.3, 0.4) is 0 Å². The van der Waals surface area contributed by atoms with Crippen molar-refractivity contribution in [2.45, 2.75) is 86.2 Å². The summed E-state index contributed by atoms with van der Waals surface area (Å²) in [7, 11) is 1.75. The molecule has 0 aromatic heterocycles. The molecule has 0 spiro atoms. The number of nitrogens with zero attached hydrogens (tertiary/aromatic N) is 1. The van der Waals surface area contributed by atoms with Crippen LogP contribution in [0.1, 0.15) is 74.3 Å². The molecule has 2 N–H and O–H groups in total. The molecule has 7 heteroatoms. The highest BCUT2D eigenvalue weighted by Crippen LogP contribution is 2.34. The maximum atomic E-state index is 13.9. The molecule has 1 aromatic rings. The fourth-order valence-electron chi connectivity index (χ4n) is 4.72. The third-order valence-corrected chi connectivity index (χ3v) is 7.00. The van der Waals surface area contributed by atoms with Crippen LogP contribution in [-0.4, -0.2) is 60.1 Å². The molecule has 3 atom stereocenters. The zero-order valence-corrected chi connectivity index (χ0v) is 24.4. The van der Waals surface area contributed by atoms with E-state index < -0.39 is 22.8 Å². The van der Waals surface area contributed by atoms with Gasteiger partial charge in [-0.2, -0.15) is 0 Å². The van der Waals surface area contributed by atoms with Crippen molar-refractivity contribution >= 4 is 17.8 Å². The molecule has 0 aliphatic carbocycles. The largest absolute Gasteiger partial charge is 0.480 e. The first kappa shape index (κ1) is 32.4. The zero-order chi connectivity index (χ0) is 28.6. The molecule has 37 heavy (non-hydrogen) atoms. The fourth-order valence-corrected chi connectivity index (χ4v) is 4.72. The van der Waals surface area contributed by atoms with Crippen molar-refractivity contribution in [2.75, 3.05) is 20.3 Å². The SMILES string of the molecule is CC[C@H](C(=O)N[C@H](C(=O)N(C)[C@H](/C=C(\C)COCC(=O)O)C(C)C)C(C)(C)C)C(C)(C)c1ccccc1. The molecule has 0 fully saturated rings. The van der Waals surface area contributed by atoms with Crippen LogP contribution in [-0.2, 0) is 24.5 Å². The lowest BCUT2D eigenvalue weighted by Crippen LogP contribution is -2.58. The molecule has 2 amide bonds. The molecule has 0 unspecified atom stereocenters. The number of carboxylic acids is 1. The number of amides is 2. The molecule has 0 radical (unpaired) electrons. The lowest BCUT2D eigenvalue weighted by molar-refractivity contribution is -0.141. The quantitative estimate of drug-likeness (QED) is 0.358. The van der Waals surface area contributed by atoms with Crippen LogP contribution in [0.4, 0.5) is 0 Å². The predicted molar refractivity (Wildman–Crippen MR) is 148 cm³/mol. The van der Waals surface area contributed by atoms with Crippen LogP contribution in [0.25, 0.3) is 0 Å². The van der Waals surface area contributed by atoms with Crippen molar-refractivity contribution in [1.29, 1.82) is 0 Å². The van der Waals surface area contributed by atoms with Crippen LogP contribution in [0.2, 0.25) is 0 Å². The van der Waals surface area contributed by atoms with Crippen LogP contribution < -0.4 is 5.32 Å². The minimum atomic E-state index is -1.02. The number of aliphatic carboxylic acids is 1. The summed E-state index contributed by atoms with van der Waals surface area (Å²) in [5, 5.41) is 11.9. The monoisotopic (exact) mass is 516 g/mol. The first-order valence-electron chi connectivity index (χ1n) is 13.1. The summed E-state index contributed by atoms with van der Waals surface area (Å²) < 4.78 is 5.21. The molecule has 0 aliphatic heterocycles. The lowest BCUT2D eigenvalue weighted by atomic mass is 9.71. The van der Waals surface area contributed by atoms with Crippen LogP contribution in [0.5, 0.6) is 0 Å². The third-order valence-electron chi connectivity index (χ3n) is 7.00. The average molecular weight is 517 g/mol. The van der Waals surface area contributed by atoms with Gasteiger partial charge >= 0.3 is 5.97 Å². The Hall–Kier alpha value is -2.67. The normalized spacial score (nSPS) is 15.2. The number of benzene rings is 1. The summed E-state index contributed by atoms with van der Waals surface area (Å²) in [4.78, 5) is 40.0. The van der Waals surface area contributed by atoms with Gasteiger partial charge < -0.3 is 20.1 Å². The summed E-state index contributed by atoms with van der Waals surface area (Å²) >= 11 is 0. The number of carboxylic acid groups (broad SMARTS) is 1. The Kier molecular flexibility index (Phi) is 12.0. The van der Waals surface area contributed by atoms with E-state index in [0.29, 0.717) is 6.42 Å². The van der Waals surface area contributed by atoms with Crippen LogP contribution in [0, 0.1) is 17.3 Å². The van der Waals surface area contributed by atoms with Crippen molar-refractivity contribution in [3.05, 3.63) is 47.5 Å². The van der Waals surface area contributed by atoms with E-state index in [9.17, 15) is 14.4 Å². The number of carbonyl (C=O) groups excluding carboxylic acids is 2. The van der Waals surface area contributed by atoms with Gasteiger partial charge in [-0.1, -0.05) is 91.8 Å². The fraction of sp³-hybridized carbons (Fsp3) is 0.633. The lowest BCUT2D eigenvalue weighted by Gasteiger charge is -2.40. The topological polar surface area (TPSA) is 95.9 Å². The standard InChI is InChI=1S/C30H48N2O5/c1-11-23(30(8,9)22-15-13-12-14-16-22)27(35)31-26(29(5,6)7)28(36)32(10)24(20(2)3)17-21(4)18-37-19-25(33)34/h12-17,20,23-24,26H,11,18-19H2,1-10H3,(H,31,35)(H,33,34)/b21-17+/t23-,24-,26-/m1/s1. The average Bonchev–Trinajstić information content (AvgIpc) is 2.79. The molecule has 1 aromatic carbocycles. The molecule has 0 bridgehead atoms. The van der Waals surface area contributed by atoms with Crippen molar-refractivity contribution in [2.24, 2.45) is 17.3 Å². The van der Waals surface area contributed by atoms with E-state index in [1.807, 2.05) is 84.9 Å². The molecular weight excluding hydrogens is 468 g/mol. The first-order chi connectivity index (χ1) is 17.0. The Labute approximate surface area is 223 Å². The molecule has 0 aliphatic rings. The van der Waals surface area contributed by atoms with E-state index in [2.05, 4.69) is 19.2 Å². The summed E-state index contributed by atoms with van der Waals surface area (Å²) in [6, 6.07) is 9.04. The van der Waals surface area contributed by atoms with Crippen molar-refractivity contribution < 1.29 is 24.2 Å². The Morgan fingerprint density at radius 2 is 1.62 bits per heavy atom. The first-order valence-corrected chi connectivity index (χ1v) is 13.1. The Bertz CT molecular complexity index is 931. The minimum absolute atomic E-state index is 0.0973. The minimum Gasteiger partial charge on any atom is -0.480 e. The van der Waals surface area contributed by atoms with Gasteiger partial charge in [0.05, 0.1) is 12.6 Å². The second kappa shape index (κ2) is 13.8. The van der Waals surface area contributed by atoms with Gasteiger partial charge in [0, 0.05) is 18.4 Å². The van der Waals surface area contributed by atoms with Crippen molar-refractivity contribution in [1.82, 2.24) is 10.2 Å². The second-order valence-electron chi connectivity index (χ2n) is 11.9. The maximum absolute atomic E-state index is 13.9. The molecule has 0 saturated heterocycles. The Morgan fingerprint density at radius 3 is 2.08 bits per heavy atom. The van der Waals surface area contributed by atoms with Gasteiger partial charge in [-0.05, 0) is 35.8 Å². The van der Waals surface area contributed by atoms with E-state index in [1.165, 1.54) is 0 Å². The predicted octanol–water partition coefficient (Wildman–Crippen LogP) is 5.05. The highest BCUT2D eigenvalue weighted by molar-refractivity contribution is 5.90. The third kappa shape index (κ3) is 9.29. The van der Waals surface area contributed by atoms with E-state index in [-0.39, 0.29) is 42.9 Å². The maximum Gasteiger partial charge on any atom is 0.329 e. The number of hydrogen-bond donors (Lipinski definition) is 2. The second-order valence-corrected chi connectivity index (χ2v) is 11.9. The van der Waals surface area contributed by atoms with Crippen LogP contribution in [0.15, 0.2) is 42.0 Å². The molecule has 1 rings (SSSR count). The number of ether oxygens (including phenoxy) is 1. The van der Waals surface area contributed by atoms with Gasteiger partial charge in [-0.3, -0.25) is 9.59 Å². The zero-order valence-electron chi connectivity index (χ0n) is 24.4. The van der Waals surface area contributed by atoms with E-state index in [0.717, 1.165) is 11.1 Å².